The van der Waals surface area contributed by atoms with Gasteiger partial charge in [-0.05, 0) is 49.9 Å². The number of sulfonamides is 1. The van der Waals surface area contributed by atoms with Gasteiger partial charge in [-0.25, -0.2) is 13.4 Å². The zero-order valence-electron chi connectivity index (χ0n) is 23.2. The van der Waals surface area contributed by atoms with Crippen molar-refractivity contribution in [1.29, 1.82) is 0 Å². The average molecular weight is 643 g/mol. The van der Waals surface area contributed by atoms with Gasteiger partial charge in [0.2, 0.25) is 21.8 Å². The average Bonchev–Trinajstić information content (AvgIpc) is 3.09. The monoisotopic (exact) mass is 642 g/mol. The van der Waals surface area contributed by atoms with Crippen molar-refractivity contribution in [3.8, 4) is 0 Å². The molecule has 18 heteroatoms. The number of carbonyl (C=O) groups is 5. The topological polar surface area (TPSA) is 196 Å². The van der Waals surface area contributed by atoms with Crippen molar-refractivity contribution in [2.24, 2.45) is 0 Å². The lowest BCUT2D eigenvalue weighted by Gasteiger charge is -2.43. The first-order valence-corrected chi connectivity index (χ1v) is 14.8. The van der Waals surface area contributed by atoms with Crippen LogP contribution in [0.1, 0.15) is 44.1 Å². The van der Waals surface area contributed by atoms with Crippen LogP contribution < -0.4 is 10.0 Å². The Bertz CT molecular complexity index is 1460. The van der Waals surface area contributed by atoms with Crippen LogP contribution in [-0.2, 0) is 44.9 Å². The number of Topliss-reactive ketones (excluding diaryl/α,β-unsaturated/α-hetero) is 1. The number of halogens is 3. The van der Waals surface area contributed by atoms with Gasteiger partial charge in [0, 0.05) is 19.4 Å². The minimum absolute atomic E-state index is 0.0100. The van der Waals surface area contributed by atoms with Gasteiger partial charge >= 0.3 is 18.4 Å². The summed E-state index contributed by atoms with van der Waals surface area (Å²) in [4.78, 5) is 66.5. The van der Waals surface area contributed by atoms with Crippen LogP contribution in [0.5, 0.6) is 0 Å². The molecule has 0 saturated carbocycles. The minimum Gasteiger partial charge on any atom is -0.461 e. The van der Waals surface area contributed by atoms with E-state index in [0.717, 1.165) is 22.2 Å². The quantitative estimate of drug-likeness (QED) is 0.109. The Labute approximate surface area is 249 Å². The van der Waals surface area contributed by atoms with Gasteiger partial charge in [0.25, 0.3) is 11.7 Å². The van der Waals surface area contributed by atoms with Crippen LogP contribution in [0, 0.1) is 0 Å². The Kier molecular flexibility index (Phi) is 11.1. The van der Waals surface area contributed by atoms with Crippen LogP contribution >= 0.6 is 0 Å². The second-order valence-electron chi connectivity index (χ2n) is 9.81. The number of hydrogen-bond acceptors (Lipinski definition) is 8. The highest BCUT2D eigenvalue weighted by atomic mass is 32.2. The SMILES string of the molecule is C=CCOC(=O)CC[C@H](NC(=O)[C@@H]1CCCN2C(=O)CC[C@H](NS(=O)(=O)c3ccc(C(F)(F)F)cc3)C(=O)N12)C(=O)C=[N+]=[N-]. The maximum atomic E-state index is 13.7. The molecular formula is C26H29F3N6O8S. The summed E-state index contributed by atoms with van der Waals surface area (Å²) in [5.74, 6) is -4.06. The molecule has 3 rings (SSSR count). The predicted octanol–water partition coefficient (Wildman–Crippen LogP) is 0.745. The Balaban J connectivity index is 1.83. The lowest BCUT2D eigenvalue weighted by Crippen LogP contribution is -2.64. The number of nitrogens with zero attached hydrogens (tertiary/aromatic N) is 4. The molecule has 2 aliphatic rings. The smallest absolute Gasteiger partial charge is 0.416 e. The number of ether oxygens (including phenoxy) is 1. The van der Waals surface area contributed by atoms with Gasteiger partial charge in [-0.3, -0.25) is 29.0 Å². The van der Waals surface area contributed by atoms with E-state index >= 15 is 0 Å². The summed E-state index contributed by atoms with van der Waals surface area (Å²) in [6.45, 7) is 3.35. The van der Waals surface area contributed by atoms with Gasteiger partial charge in [0.05, 0.1) is 16.5 Å². The van der Waals surface area contributed by atoms with E-state index in [4.69, 9.17) is 10.3 Å². The van der Waals surface area contributed by atoms with E-state index in [1.165, 1.54) is 6.08 Å². The zero-order chi connectivity index (χ0) is 32.7. The summed E-state index contributed by atoms with van der Waals surface area (Å²) >= 11 is 0. The molecule has 0 spiro atoms. The lowest BCUT2D eigenvalue weighted by atomic mass is 10.0. The maximum Gasteiger partial charge on any atom is 0.416 e. The lowest BCUT2D eigenvalue weighted by molar-refractivity contribution is -0.176. The minimum atomic E-state index is -4.70. The number of rotatable bonds is 12. The van der Waals surface area contributed by atoms with Crippen molar-refractivity contribution >= 4 is 45.7 Å². The fourth-order valence-corrected chi connectivity index (χ4v) is 5.87. The van der Waals surface area contributed by atoms with Crippen LogP contribution in [0.4, 0.5) is 13.2 Å². The Morgan fingerprint density at radius 2 is 1.86 bits per heavy atom. The van der Waals surface area contributed by atoms with Gasteiger partial charge in [0.1, 0.15) is 18.7 Å². The number of alkyl halides is 3. The number of amides is 3. The molecule has 3 atom stereocenters. The summed E-state index contributed by atoms with van der Waals surface area (Å²) in [6, 6.07) is -1.76. The third-order valence-electron chi connectivity index (χ3n) is 6.80. The normalized spacial score (nSPS) is 19.6. The van der Waals surface area contributed by atoms with Gasteiger partial charge in [-0.2, -0.15) is 22.7 Å². The molecule has 14 nitrogen and oxygen atoms in total. The molecule has 1 aromatic rings. The molecule has 238 valence electrons. The number of carbonyl (C=O) groups excluding carboxylic acids is 5. The second kappa shape index (κ2) is 14.4. The first-order chi connectivity index (χ1) is 20.7. The standard InChI is InChI=1S/C26H29F3N6O8S/c1-2-14-43-23(38)12-10-18(21(36)15-31-30)32-24(39)20-4-3-13-34-22(37)11-9-19(25(40)35(20)34)33-44(41,42)17-7-5-16(6-8-17)26(27,28)29/h2,5-8,15,18-20,33H,1,3-4,9-14H2,(H,32,39)/t18-,19-,20-/m0/s1. The van der Waals surface area contributed by atoms with E-state index in [2.05, 4.69) is 21.4 Å². The maximum absolute atomic E-state index is 13.7. The summed E-state index contributed by atoms with van der Waals surface area (Å²) < 4.78 is 71.7. The van der Waals surface area contributed by atoms with Crippen molar-refractivity contribution in [1.82, 2.24) is 20.1 Å². The molecule has 3 amide bonds. The number of hydrazine groups is 1. The number of nitrogens with one attached hydrogen (secondary N) is 2. The van der Waals surface area contributed by atoms with Crippen molar-refractivity contribution in [2.45, 2.75) is 67.7 Å². The number of hydrogen-bond donors (Lipinski definition) is 2. The molecule has 0 aromatic heterocycles. The molecule has 0 radical (unpaired) electrons. The zero-order valence-corrected chi connectivity index (χ0v) is 24.0. The van der Waals surface area contributed by atoms with E-state index in [9.17, 15) is 45.6 Å². The molecule has 2 N–H and O–H groups in total. The summed E-state index contributed by atoms with van der Waals surface area (Å²) in [5, 5.41) is 4.23. The summed E-state index contributed by atoms with van der Waals surface area (Å²) in [5.41, 5.74) is 7.71. The van der Waals surface area contributed by atoms with Gasteiger partial charge in [-0.15, -0.1) is 0 Å². The molecule has 0 unspecified atom stereocenters. The van der Waals surface area contributed by atoms with Crippen molar-refractivity contribution in [2.75, 3.05) is 13.2 Å². The van der Waals surface area contributed by atoms with Crippen molar-refractivity contribution in [3.63, 3.8) is 0 Å². The van der Waals surface area contributed by atoms with Crippen LogP contribution in [0.2, 0.25) is 0 Å². The van der Waals surface area contributed by atoms with Crippen molar-refractivity contribution in [3.05, 3.63) is 48.0 Å². The Morgan fingerprint density at radius 3 is 2.48 bits per heavy atom. The van der Waals surface area contributed by atoms with Crippen molar-refractivity contribution < 1.29 is 55.1 Å². The molecule has 2 fully saturated rings. The highest BCUT2D eigenvalue weighted by molar-refractivity contribution is 7.89. The van der Waals surface area contributed by atoms with E-state index in [-0.39, 0.29) is 51.7 Å². The van der Waals surface area contributed by atoms with Crippen LogP contribution in [0.3, 0.4) is 0 Å². The van der Waals surface area contributed by atoms with Gasteiger partial charge in [0.15, 0.2) is 0 Å². The van der Waals surface area contributed by atoms with E-state index in [0.29, 0.717) is 18.3 Å². The molecule has 2 saturated heterocycles. The fourth-order valence-electron chi connectivity index (χ4n) is 4.65. The molecule has 44 heavy (non-hydrogen) atoms. The summed E-state index contributed by atoms with van der Waals surface area (Å²) in [6.07, 6.45) is -3.79. The highest BCUT2D eigenvalue weighted by Gasteiger charge is 2.46. The number of benzene rings is 1. The third-order valence-corrected chi connectivity index (χ3v) is 8.29. The Morgan fingerprint density at radius 1 is 1.18 bits per heavy atom. The molecular weight excluding hydrogens is 613 g/mol. The molecule has 0 aliphatic carbocycles. The van der Waals surface area contributed by atoms with Crippen LogP contribution in [0.25, 0.3) is 5.53 Å². The largest absolute Gasteiger partial charge is 0.461 e. The molecule has 2 heterocycles. The number of fused-ring (bicyclic) bond motifs is 1. The first kappa shape index (κ1) is 34.1. The van der Waals surface area contributed by atoms with E-state index < -0.39 is 74.3 Å². The van der Waals surface area contributed by atoms with Crippen LogP contribution in [0.15, 0.2) is 41.8 Å². The van der Waals surface area contributed by atoms with Gasteiger partial charge < -0.3 is 15.6 Å². The van der Waals surface area contributed by atoms with E-state index in [1.807, 2.05) is 0 Å². The molecule has 0 bridgehead atoms. The molecule has 2 aliphatic heterocycles. The second-order valence-corrected chi connectivity index (χ2v) is 11.5. The fraction of sp³-hybridized carbons (Fsp3) is 0.462. The molecule has 1 aromatic carbocycles. The Hall–Kier alpha value is -4.41. The predicted molar refractivity (Wildman–Crippen MR) is 143 cm³/mol. The first-order valence-electron chi connectivity index (χ1n) is 13.3. The van der Waals surface area contributed by atoms with Crippen LogP contribution in [-0.4, -0.2) is 90.2 Å². The highest BCUT2D eigenvalue weighted by Crippen LogP contribution is 2.30. The van der Waals surface area contributed by atoms with Gasteiger partial charge in [-0.1, -0.05) is 12.7 Å². The van der Waals surface area contributed by atoms with E-state index in [1.54, 1.807) is 0 Å². The number of esters is 1. The number of ketones is 1. The third kappa shape index (κ3) is 8.36. The summed E-state index contributed by atoms with van der Waals surface area (Å²) in [7, 11) is -4.55.